The van der Waals surface area contributed by atoms with E-state index < -0.39 is 5.82 Å². The van der Waals surface area contributed by atoms with Crippen molar-refractivity contribution in [1.29, 1.82) is 0 Å². The number of methoxy groups -OCH3 is 1. The molecular weight excluding hydrogens is 433 g/mol. The predicted octanol–water partition coefficient (Wildman–Crippen LogP) is 4.58. The van der Waals surface area contributed by atoms with Crippen LogP contribution in [0, 0.1) is 12.7 Å². The molecule has 9 heteroatoms. The molecule has 3 N–H and O–H groups in total. The maximum atomic E-state index is 14.2. The summed E-state index contributed by atoms with van der Waals surface area (Å²) in [6.45, 7) is 7.73. The number of benzene rings is 2. The number of nitrogens with zero attached hydrogens (tertiary/aromatic N) is 4. The average Bonchev–Trinajstić information content (AvgIpc) is 3.30. The number of likely N-dealkylation sites (N-methyl/N-ethyl adjacent to an activating group) is 1. The quantitative estimate of drug-likeness (QED) is 0.401. The molecule has 180 valence electrons. The molecule has 1 saturated heterocycles. The molecule has 0 saturated carbocycles. The van der Waals surface area contributed by atoms with E-state index in [2.05, 4.69) is 73.9 Å². The summed E-state index contributed by atoms with van der Waals surface area (Å²) in [6.07, 6.45) is 2.36. The Morgan fingerprint density at radius 2 is 1.76 bits per heavy atom. The summed E-state index contributed by atoms with van der Waals surface area (Å²) < 4.78 is 19.2. The van der Waals surface area contributed by atoms with Crippen LogP contribution in [-0.2, 0) is 6.54 Å². The van der Waals surface area contributed by atoms with Gasteiger partial charge in [-0.3, -0.25) is 4.90 Å². The van der Waals surface area contributed by atoms with Crippen molar-refractivity contribution < 1.29 is 9.13 Å². The zero-order valence-corrected chi connectivity index (χ0v) is 19.9. The summed E-state index contributed by atoms with van der Waals surface area (Å²) in [5.74, 6) is 0.959. The van der Waals surface area contributed by atoms with Gasteiger partial charge in [-0.05, 0) is 50.6 Å². The first-order valence-electron chi connectivity index (χ1n) is 11.7. The first-order chi connectivity index (χ1) is 16.5. The lowest BCUT2D eigenvalue weighted by Crippen LogP contribution is -2.35. The summed E-state index contributed by atoms with van der Waals surface area (Å²) in [4.78, 5) is 16.0. The Hall–Kier alpha value is -3.46. The van der Waals surface area contributed by atoms with Gasteiger partial charge in [0, 0.05) is 30.9 Å². The van der Waals surface area contributed by atoms with E-state index in [0.717, 1.165) is 31.6 Å². The van der Waals surface area contributed by atoms with E-state index in [1.165, 1.54) is 25.2 Å². The third kappa shape index (κ3) is 6.11. The zero-order valence-electron chi connectivity index (χ0n) is 19.9. The molecule has 0 aliphatic carbocycles. The third-order valence-electron chi connectivity index (χ3n) is 6.02. The van der Waals surface area contributed by atoms with E-state index in [9.17, 15) is 4.39 Å². The number of aryl methyl sites for hydroxylation is 1. The first-order valence-corrected chi connectivity index (χ1v) is 11.7. The van der Waals surface area contributed by atoms with Crippen molar-refractivity contribution in [3.8, 4) is 5.75 Å². The number of likely N-dealkylation sites (tertiary alicyclic amines) is 1. The van der Waals surface area contributed by atoms with E-state index in [0.29, 0.717) is 36.1 Å². The van der Waals surface area contributed by atoms with E-state index in [1.54, 1.807) is 12.1 Å². The Balaban J connectivity index is 1.52. The fourth-order valence-corrected chi connectivity index (χ4v) is 4.10. The van der Waals surface area contributed by atoms with Crippen molar-refractivity contribution in [3.63, 3.8) is 0 Å². The number of aromatic nitrogens is 3. The van der Waals surface area contributed by atoms with Crippen LogP contribution in [0.5, 0.6) is 5.75 Å². The molecule has 8 nitrogen and oxygen atoms in total. The maximum absolute atomic E-state index is 14.2. The lowest BCUT2D eigenvalue weighted by molar-refractivity contribution is 0.277. The predicted molar refractivity (Wildman–Crippen MR) is 133 cm³/mol. The van der Waals surface area contributed by atoms with Crippen molar-refractivity contribution in [2.45, 2.75) is 39.3 Å². The molecule has 3 aromatic rings. The highest BCUT2D eigenvalue weighted by molar-refractivity contribution is 5.57. The maximum Gasteiger partial charge on any atom is 0.233 e. The normalized spacial score (nSPS) is 15.8. The molecule has 1 atom stereocenters. The Bertz CT molecular complexity index is 1090. The van der Waals surface area contributed by atoms with Crippen molar-refractivity contribution in [3.05, 3.63) is 59.4 Å². The lowest BCUT2D eigenvalue weighted by Gasteiger charge is -2.23. The molecule has 1 aliphatic rings. The Kier molecular flexibility index (Phi) is 7.74. The fourth-order valence-electron chi connectivity index (χ4n) is 4.10. The molecule has 0 spiro atoms. The van der Waals surface area contributed by atoms with E-state index >= 15 is 0 Å². The minimum atomic E-state index is -0.460. The van der Waals surface area contributed by atoms with Crippen LogP contribution in [0.15, 0.2) is 42.5 Å². The number of nitrogens with one attached hydrogen (secondary N) is 3. The highest BCUT2D eigenvalue weighted by Gasteiger charge is 2.23. The average molecular weight is 466 g/mol. The van der Waals surface area contributed by atoms with Gasteiger partial charge in [0.25, 0.3) is 0 Å². The third-order valence-corrected chi connectivity index (χ3v) is 6.02. The molecule has 2 aromatic carbocycles. The minimum Gasteiger partial charge on any atom is -0.494 e. The standard InChI is InChI=1S/C25H32FN7O/c1-4-33-13-5-6-20(33)16-28-24-30-23(27-15-18-9-7-17(2)8-10-18)31-25(32-24)29-19-11-12-22(34-3)21(26)14-19/h7-12,14,20H,4-6,13,15-16H2,1-3H3,(H3,27,28,29,30,31,32). The molecule has 1 aromatic heterocycles. The van der Waals surface area contributed by atoms with Crippen LogP contribution in [0.2, 0.25) is 0 Å². The summed E-state index contributed by atoms with van der Waals surface area (Å²) in [7, 11) is 1.44. The SMILES string of the molecule is CCN1CCCC1CNc1nc(NCc2ccc(C)cc2)nc(Nc2ccc(OC)c(F)c2)n1. The van der Waals surface area contributed by atoms with Gasteiger partial charge in [0.2, 0.25) is 17.8 Å². The van der Waals surface area contributed by atoms with Gasteiger partial charge < -0.3 is 20.7 Å². The van der Waals surface area contributed by atoms with Gasteiger partial charge in [0.1, 0.15) is 0 Å². The van der Waals surface area contributed by atoms with Crippen LogP contribution < -0.4 is 20.7 Å². The van der Waals surface area contributed by atoms with Crippen molar-refractivity contribution >= 4 is 23.5 Å². The Morgan fingerprint density at radius 1 is 1.03 bits per heavy atom. The van der Waals surface area contributed by atoms with Gasteiger partial charge in [-0.2, -0.15) is 15.0 Å². The molecular formula is C25H32FN7O. The molecule has 1 fully saturated rings. The van der Waals surface area contributed by atoms with Crippen LogP contribution in [0.1, 0.15) is 30.9 Å². The highest BCUT2D eigenvalue weighted by Crippen LogP contribution is 2.23. The fraction of sp³-hybridized carbons (Fsp3) is 0.400. The number of hydrogen-bond donors (Lipinski definition) is 3. The van der Waals surface area contributed by atoms with Crippen LogP contribution in [0.4, 0.5) is 27.9 Å². The summed E-state index contributed by atoms with van der Waals surface area (Å²) in [5, 5.41) is 9.73. The number of halogens is 1. The number of hydrogen-bond acceptors (Lipinski definition) is 8. The lowest BCUT2D eigenvalue weighted by atomic mass is 10.1. The molecule has 1 unspecified atom stereocenters. The monoisotopic (exact) mass is 465 g/mol. The minimum absolute atomic E-state index is 0.182. The number of anilines is 4. The van der Waals surface area contributed by atoms with Crippen molar-refractivity contribution in [2.75, 3.05) is 42.7 Å². The Morgan fingerprint density at radius 3 is 2.47 bits per heavy atom. The molecule has 0 bridgehead atoms. The second-order valence-electron chi connectivity index (χ2n) is 8.43. The van der Waals surface area contributed by atoms with E-state index in [4.69, 9.17) is 4.74 Å². The zero-order chi connectivity index (χ0) is 23.9. The molecule has 1 aliphatic heterocycles. The smallest absolute Gasteiger partial charge is 0.233 e. The summed E-state index contributed by atoms with van der Waals surface area (Å²) >= 11 is 0. The van der Waals surface area contributed by atoms with Gasteiger partial charge in [0.15, 0.2) is 11.6 Å². The molecule has 34 heavy (non-hydrogen) atoms. The van der Waals surface area contributed by atoms with Gasteiger partial charge in [0.05, 0.1) is 7.11 Å². The summed E-state index contributed by atoms with van der Waals surface area (Å²) in [5.41, 5.74) is 2.85. The van der Waals surface area contributed by atoms with Gasteiger partial charge >= 0.3 is 0 Å². The van der Waals surface area contributed by atoms with Crippen LogP contribution >= 0.6 is 0 Å². The van der Waals surface area contributed by atoms with E-state index in [1.807, 2.05) is 0 Å². The van der Waals surface area contributed by atoms with Crippen molar-refractivity contribution in [1.82, 2.24) is 19.9 Å². The van der Waals surface area contributed by atoms with Crippen molar-refractivity contribution in [2.24, 2.45) is 0 Å². The van der Waals surface area contributed by atoms with Crippen LogP contribution in [0.3, 0.4) is 0 Å². The number of rotatable bonds is 10. The second-order valence-corrected chi connectivity index (χ2v) is 8.43. The van der Waals surface area contributed by atoms with Crippen LogP contribution in [0.25, 0.3) is 0 Å². The Labute approximate surface area is 200 Å². The largest absolute Gasteiger partial charge is 0.494 e. The summed E-state index contributed by atoms with van der Waals surface area (Å²) in [6, 6.07) is 13.4. The second kappa shape index (κ2) is 11.1. The topological polar surface area (TPSA) is 87.2 Å². The molecule has 4 rings (SSSR count). The molecule has 2 heterocycles. The molecule has 0 amide bonds. The molecule has 0 radical (unpaired) electrons. The number of ether oxygens (including phenoxy) is 1. The van der Waals surface area contributed by atoms with Gasteiger partial charge in [-0.25, -0.2) is 4.39 Å². The first kappa shape index (κ1) is 23.7. The van der Waals surface area contributed by atoms with Crippen LogP contribution in [-0.4, -0.2) is 52.6 Å². The highest BCUT2D eigenvalue weighted by atomic mass is 19.1. The van der Waals surface area contributed by atoms with E-state index in [-0.39, 0.29) is 5.75 Å². The van der Waals surface area contributed by atoms with Gasteiger partial charge in [-0.15, -0.1) is 0 Å². The van der Waals surface area contributed by atoms with Gasteiger partial charge in [-0.1, -0.05) is 36.8 Å².